The number of rotatable bonds is 2. The molecule has 110 valence electrons. The van der Waals surface area contributed by atoms with Gasteiger partial charge in [-0.15, -0.1) is 0 Å². The van der Waals surface area contributed by atoms with E-state index in [0.29, 0.717) is 24.2 Å². The maximum Gasteiger partial charge on any atom is 0.161 e. The Balaban J connectivity index is 2.46. The molecule has 1 aromatic rings. The van der Waals surface area contributed by atoms with Crippen LogP contribution in [0, 0.1) is 12.7 Å². The van der Waals surface area contributed by atoms with Crippen molar-refractivity contribution in [3.8, 4) is 0 Å². The Labute approximate surface area is 119 Å². The summed E-state index contributed by atoms with van der Waals surface area (Å²) in [4.78, 5) is 13.9. The second-order valence-electron chi connectivity index (χ2n) is 6.24. The minimum absolute atomic E-state index is 0.0731. The van der Waals surface area contributed by atoms with E-state index in [-0.39, 0.29) is 23.3 Å². The zero-order valence-corrected chi connectivity index (χ0v) is 12.8. The summed E-state index contributed by atoms with van der Waals surface area (Å²) in [6.07, 6.45) is 0.0731. The van der Waals surface area contributed by atoms with Gasteiger partial charge in [0.2, 0.25) is 0 Å². The van der Waals surface area contributed by atoms with E-state index >= 15 is 0 Å². The third-order valence-electron chi connectivity index (χ3n) is 3.57. The SMILES string of the molecule is CC(=O)c1cc(F)c(C)cc1N1CC(C)OC(C)(C)C1. The first-order chi connectivity index (χ1) is 9.19. The Kier molecular flexibility index (Phi) is 3.87. The molecule has 1 heterocycles. The highest BCUT2D eigenvalue weighted by Crippen LogP contribution is 2.30. The number of anilines is 1. The van der Waals surface area contributed by atoms with Gasteiger partial charge < -0.3 is 9.64 Å². The van der Waals surface area contributed by atoms with Crippen molar-refractivity contribution < 1.29 is 13.9 Å². The van der Waals surface area contributed by atoms with E-state index in [1.807, 2.05) is 20.8 Å². The van der Waals surface area contributed by atoms with Crippen LogP contribution in [-0.2, 0) is 4.74 Å². The summed E-state index contributed by atoms with van der Waals surface area (Å²) < 4.78 is 19.6. The van der Waals surface area contributed by atoms with Gasteiger partial charge in [0, 0.05) is 24.3 Å². The molecule has 1 fully saturated rings. The lowest BCUT2D eigenvalue weighted by molar-refractivity contribution is -0.0750. The highest BCUT2D eigenvalue weighted by molar-refractivity contribution is 6.00. The molecular formula is C16H22FNO2. The van der Waals surface area contributed by atoms with Crippen LogP contribution in [0.15, 0.2) is 12.1 Å². The van der Waals surface area contributed by atoms with Gasteiger partial charge in [-0.2, -0.15) is 0 Å². The molecule has 0 spiro atoms. The number of benzene rings is 1. The van der Waals surface area contributed by atoms with E-state index < -0.39 is 0 Å². The molecule has 0 aromatic heterocycles. The smallest absolute Gasteiger partial charge is 0.161 e. The number of carbonyl (C=O) groups excluding carboxylic acids is 1. The third kappa shape index (κ3) is 3.01. The lowest BCUT2D eigenvalue weighted by atomic mass is 10.0. The molecule has 0 radical (unpaired) electrons. The number of nitrogens with zero attached hydrogens (tertiary/aromatic N) is 1. The number of ketones is 1. The van der Waals surface area contributed by atoms with Crippen molar-refractivity contribution >= 4 is 11.5 Å². The number of ether oxygens (including phenoxy) is 1. The van der Waals surface area contributed by atoms with E-state index in [4.69, 9.17) is 4.74 Å². The van der Waals surface area contributed by atoms with Crippen molar-refractivity contribution in [3.05, 3.63) is 29.1 Å². The molecule has 1 unspecified atom stereocenters. The number of Topliss-reactive ketones (excluding diaryl/α,β-unsaturated/α-hetero) is 1. The Morgan fingerprint density at radius 3 is 2.65 bits per heavy atom. The van der Waals surface area contributed by atoms with Gasteiger partial charge in [0.15, 0.2) is 5.78 Å². The predicted molar refractivity (Wildman–Crippen MR) is 78.0 cm³/mol. The fourth-order valence-electron chi connectivity index (χ4n) is 2.85. The maximum atomic E-state index is 13.7. The van der Waals surface area contributed by atoms with Crippen molar-refractivity contribution in [3.63, 3.8) is 0 Å². The van der Waals surface area contributed by atoms with Crippen LogP contribution in [0.3, 0.4) is 0 Å². The standard InChI is InChI=1S/C16H22FNO2/c1-10-6-15(13(12(3)19)7-14(10)17)18-8-11(2)20-16(4,5)9-18/h6-7,11H,8-9H2,1-5H3. The van der Waals surface area contributed by atoms with Gasteiger partial charge in [0.05, 0.1) is 11.7 Å². The normalized spacial score (nSPS) is 21.9. The predicted octanol–water partition coefficient (Wildman–Crippen LogP) is 3.34. The summed E-state index contributed by atoms with van der Waals surface area (Å²) >= 11 is 0. The summed E-state index contributed by atoms with van der Waals surface area (Å²) in [6.45, 7) is 10.6. The third-order valence-corrected chi connectivity index (χ3v) is 3.57. The van der Waals surface area contributed by atoms with E-state index in [9.17, 15) is 9.18 Å². The van der Waals surface area contributed by atoms with Gasteiger partial charge in [-0.25, -0.2) is 4.39 Å². The first-order valence-electron chi connectivity index (χ1n) is 6.93. The van der Waals surface area contributed by atoms with Crippen molar-refractivity contribution in [2.45, 2.75) is 46.3 Å². The Morgan fingerprint density at radius 1 is 1.45 bits per heavy atom. The lowest BCUT2D eigenvalue weighted by Gasteiger charge is -2.43. The quantitative estimate of drug-likeness (QED) is 0.778. The number of hydrogen-bond acceptors (Lipinski definition) is 3. The molecular weight excluding hydrogens is 257 g/mol. The van der Waals surface area contributed by atoms with E-state index in [2.05, 4.69) is 4.90 Å². The molecule has 3 nitrogen and oxygen atoms in total. The van der Waals surface area contributed by atoms with Gasteiger partial charge in [-0.05, 0) is 52.3 Å². The second-order valence-corrected chi connectivity index (χ2v) is 6.24. The summed E-state index contributed by atoms with van der Waals surface area (Å²) in [7, 11) is 0. The first-order valence-corrected chi connectivity index (χ1v) is 6.93. The molecule has 2 rings (SSSR count). The van der Waals surface area contributed by atoms with Crippen LogP contribution in [0.1, 0.15) is 43.6 Å². The van der Waals surface area contributed by atoms with Crippen molar-refractivity contribution in [2.75, 3.05) is 18.0 Å². The highest BCUT2D eigenvalue weighted by atomic mass is 19.1. The molecule has 0 bridgehead atoms. The summed E-state index contributed by atoms with van der Waals surface area (Å²) in [5, 5.41) is 0. The summed E-state index contributed by atoms with van der Waals surface area (Å²) in [5.41, 5.74) is 1.52. The second kappa shape index (κ2) is 5.17. The van der Waals surface area contributed by atoms with Crippen LogP contribution < -0.4 is 4.90 Å². The van der Waals surface area contributed by atoms with Crippen LogP contribution in [0.2, 0.25) is 0 Å². The Bertz CT molecular complexity index is 540. The molecule has 0 amide bonds. The lowest BCUT2D eigenvalue weighted by Crippen LogP contribution is -2.52. The van der Waals surface area contributed by atoms with Crippen molar-refractivity contribution in [1.82, 2.24) is 0 Å². The fourth-order valence-corrected chi connectivity index (χ4v) is 2.85. The van der Waals surface area contributed by atoms with Gasteiger partial charge in [-0.1, -0.05) is 0 Å². The van der Waals surface area contributed by atoms with E-state index in [1.165, 1.54) is 13.0 Å². The largest absolute Gasteiger partial charge is 0.369 e. The highest BCUT2D eigenvalue weighted by Gasteiger charge is 2.32. The molecule has 4 heteroatoms. The van der Waals surface area contributed by atoms with Crippen LogP contribution in [-0.4, -0.2) is 30.6 Å². The minimum Gasteiger partial charge on any atom is -0.369 e. The molecule has 1 aromatic carbocycles. The zero-order valence-electron chi connectivity index (χ0n) is 12.8. The van der Waals surface area contributed by atoms with Gasteiger partial charge in [-0.3, -0.25) is 4.79 Å². The van der Waals surface area contributed by atoms with Crippen LogP contribution >= 0.6 is 0 Å². The van der Waals surface area contributed by atoms with Crippen molar-refractivity contribution in [1.29, 1.82) is 0 Å². The minimum atomic E-state index is -0.334. The number of morpholine rings is 1. The maximum absolute atomic E-state index is 13.7. The number of aryl methyl sites for hydroxylation is 1. The Hall–Kier alpha value is -1.42. The van der Waals surface area contributed by atoms with Crippen LogP contribution in [0.4, 0.5) is 10.1 Å². The average molecular weight is 279 g/mol. The van der Waals surface area contributed by atoms with Crippen LogP contribution in [0.25, 0.3) is 0 Å². The fraction of sp³-hybridized carbons (Fsp3) is 0.562. The molecule has 1 atom stereocenters. The van der Waals surface area contributed by atoms with Gasteiger partial charge in [0.1, 0.15) is 5.82 Å². The number of carbonyl (C=O) groups is 1. The number of hydrogen-bond donors (Lipinski definition) is 0. The number of halogens is 1. The van der Waals surface area contributed by atoms with Crippen LogP contribution in [0.5, 0.6) is 0 Å². The summed E-state index contributed by atoms with van der Waals surface area (Å²) in [5.74, 6) is -0.449. The molecule has 1 aliphatic heterocycles. The molecule has 20 heavy (non-hydrogen) atoms. The topological polar surface area (TPSA) is 29.5 Å². The first kappa shape index (κ1) is 15.0. The van der Waals surface area contributed by atoms with Gasteiger partial charge in [0.25, 0.3) is 0 Å². The molecule has 0 aliphatic carbocycles. The monoisotopic (exact) mass is 279 g/mol. The van der Waals surface area contributed by atoms with Crippen molar-refractivity contribution in [2.24, 2.45) is 0 Å². The Morgan fingerprint density at radius 2 is 2.10 bits per heavy atom. The average Bonchev–Trinajstić information content (AvgIpc) is 2.29. The summed E-state index contributed by atoms with van der Waals surface area (Å²) in [6, 6.07) is 3.11. The van der Waals surface area contributed by atoms with E-state index in [0.717, 1.165) is 5.69 Å². The molecule has 1 saturated heterocycles. The molecule has 0 saturated carbocycles. The van der Waals surface area contributed by atoms with Gasteiger partial charge >= 0.3 is 0 Å². The molecule has 1 aliphatic rings. The molecule has 0 N–H and O–H groups in total. The van der Waals surface area contributed by atoms with E-state index in [1.54, 1.807) is 13.0 Å². The zero-order chi connectivity index (χ0) is 15.1.